The zero-order chi connectivity index (χ0) is 12.0. The third kappa shape index (κ3) is 4.23. The molecule has 0 aromatic carbocycles. The van der Waals surface area contributed by atoms with Crippen molar-refractivity contribution in [3.05, 3.63) is 0 Å². The molecule has 0 radical (unpaired) electrons. The van der Waals surface area contributed by atoms with Gasteiger partial charge in [-0.25, -0.2) is 0 Å². The van der Waals surface area contributed by atoms with Gasteiger partial charge in [0.05, 0.1) is 0 Å². The van der Waals surface area contributed by atoms with Crippen LogP contribution in [0.2, 0.25) is 0 Å². The van der Waals surface area contributed by atoms with Crippen LogP contribution < -0.4 is 0 Å². The van der Waals surface area contributed by atoms with Crippen molar-refractivity contribution in [1.82, 2.24) is 4.90 Å². The summed E-state index contributed by atoms with van der Waals surface area (Å²) in [5.74, 6) is 1.28. The molecule has 1 aliphatic rings. The lowest BCUT2D eigenvalue weighted by atomic mass is 9.88. The molecule has 0 amide bonds. The number of alkyl halides is 1. The third-order valence-corrected chi connectivity index (χ3v) is 5.86. The number of nitrogens with zero attached hydrogens (tertiary/aromatic N) is 1. The van der Waals surface area contributed by atoms with Gasteiger partial charge >= 0.3 is 0 Å². The van der Waals surface area contributed by atoms with Crippen LogP contribution in [0, 0.1) is 5.41 Å². The average molecular weight is 308 g/mol. The molecule has 16 heavy (non-hydrogen) atoms. The molecule has 1 fully saturated rings. The first-order chi connectivity index (χ1) is 7.63. The summed E-state index contributed by atoms with van der Waals surface area (Å²) in [6, 6.07) is 0.726. The number of halogens is 1. The van der Waals surface area contributed by atoms with Gasteiger partial charge in [-0.15, -0.1) is 0 Å². The molecule has 1 atom stereocenters. The molecule has 1 rings (SSSR count). The Balaban J connectivity index is 2.38. The number of rotatable bonds is 7. The van der Waals surface area contributed by atoms with Crippen LogP contribution in [0.4, 0.5) is 0 Å². The van der Waals surface area contributed by atoms with Gasteiger partial charge in [0.2, 0.25) is 0 Å². The quantitative estimate of drug-likeness (QED) is 0.654. The van der Waals surface area contributed by atoms with E-state index in [-0.39, 0.29) is 0 Å². The monoisotopic (exact) mass is 307 g/mol. The molecule has 0 aromatic rings. The Hall–Kier alpha value is 0.790. The molecule has 3 heteroatoms. The molecule has 0 heterocycles. The Bertz CT molecular complexity index is 192. The second-order valence-corrected chi connectivity index (χ2v) is 6.93. The molecule has 1 unspecified atom stereocenters. The van der Waals surface area contributed by atoms with Crippen molar-refractivity contribution in [3.8, 4) is 0 Å². The maximum Gasteiger partial charge on any atom is 0.0100 e. The third-order valence-electron chi connectivity index (χ3n) is 4.02. The molecule has 0 saturated heterocycles. The van der Waals surface area contributed by atoms with Crippen LogP contribution in [0.15, 0.2) is 0 Å². The van der Waals surface area contributed by atoms with Crippen molar-refractivity contribution in [3.63, 3.8) is 0 Å². The van der Waals surface area contributed by atoms with Crippen LogP contribution >= 0.6 is 27.7 Å². The lowest BCUT2D eigenvalue weighted by molar-refractivity contribution is 0.161. The van der Waals surface area contributed by atoms with E-state index in [4.69, 9.17) is 0 Å². The van der Waals surface area contributed by atoms with E-state index in [9.17, 15) is 0 Å². The Labute approximate surface area is 114 Å². The predicted octanol–water partition coefficient (Wildman–Crippen LogP) is 4.02. The number of thioether (sulfide) groups is 1. The Kier molecular flexibility index (Phi) is 6.75. The first kappa shape index (κ1) is 14.8. The highest BCUT2D eigenvalue weighted by Gasteiger charge is 2.34. The fraction of sp³-hybridized carbons (Fsp3) is 1.00. The zero-order valence-corrected chi connectivity index (χ0v) is 13.4. The van der Waals surface area contributed by atoms with Gasteiger partial charge in [0, 0.05) is 17.9 Å². The van der Waals surface area contributed by atoms with Gasteiger partial charge in [-0.2, -0.15) is 11.8 Å². The highest BCUT2D eigenvalue weighted by Crippen LogP contribution is 2.40. The summed E-state index contributed by atoms with van der Waals surface area (Å²) in [6.07, 6.45) is 9.20. The van der Waals surface area contributed by atoms with Gasteiger partial charge in [0.1, 0.15) is 0 Å². The summed E-state index contributed by atoms with van der Waals surface area (Å²) >= 11 is 5.69. The van der Waals surface area contributed by atoms with E-state index < -0.39 is 0 Å². The number of hydrogen-bond donors (Lipinski definition) is 0. The molecule has 1 saturated carbocycles. The molecule has 1 aliphatic carbocycles. The van der Waals surface area contributed by atoms with E-state index in [1.54, 1.807) is 0 Å². The summed E-state index contributed by atoms with van der Waals surface area (Å²) in [5, 5.41) is 1.18. The molecule has 0 bridgehead atoms. The molecule has 0 aromatic heterocycles. The van der Waals surface area contributed by atoms with Crippen LogP contribution in [-0.4, -0.2) is 41.9 Å². The van der Waals surface area contributed by atoms with Gasteiger partial charge in [0.25, 0.3) is 0 Å². The average Bonchev–Trinajstić information content (AvgIpc) is 2.75. The van der Waals surface area contributed by atoms with E-state index in [1.807, 2.05) is 11.8 Å². The summed E-state index contributed by atoms with van der Waals surface area (Å²) in [4.78, 5) is 2.57. The minimum absolute atomic E-state index is 0.572. The molecular weight excluding hydrogens is 282 g/mol. The first-order valence-electron chi connectivity index (χ1n) is 6.39. The molecule has 0 spiro atoms. The fourth-order valence-electron chi connectivity index (χ4n) is 2.65. The second kappa shape index (κ2) is 7.27. The summed E-state index contributed by atoms with van der Waals surface area (Å²) in [6.45, 7) is 3.64. The Morgan fingerprint density at radius 1 is 1.38 bits per heavy atom. The van der Waals surface area contributed by atoms with Crippen molar-refractivity contribution in [2.45, 2.75) is 45.1 Å². The van der Waals surface area contributed by atoms with Crippen molar-refractivity contribution in [1.29, 1.82) is 0 Å². The van der Waals surface area contributed by atoms with Gasteiger partial charge in [0.15, 0.2) is 0 Å². The molecule has 0 aliphatic heterocycles. The van der Waals surface area contributed by atoms with Crippen molar-refractivity contribution < 1.29 is 0 Å². The van der Waals surface area contributed by atoms with Crippen molar-refractivity contribution in [2.75, 3.05) is 30.9 Å². The zero-order valence-electron chi connectivity index (χ0n) is 11.0. The van der Waals surface area contributed by atoms with Crippen LogP contribution in [0.25, 0.3) is 0 Å². The van der Waals surface area contributed by atoms with E-state index in [0.29, 0.717) is 5.41 Å². The lowest BCUT2D eigenvalue weighted by Crippen LogP contribution is -2.40. The second-order valence-electron chi connectivity index (χ2n) is 5.39. The summed E-state index contributed by atoms with van der Waals surface area (Å²) < 4.78 is 0. The van der Waals surface area contributed by atoms with Gasteiger partial charge in [-0.05, 0) is 50.7 Å². The standard InChI is InChI=1S/C13H26BrNS/c1-12(6-9-16-3)15(2)11-13(10-14)7-4-5-8-13/h12H,4-11H2,1-3H3. The first-order valence-corrected chi connectivity index (χ1v) is 8.90. The van der Waals surface area contributed by atoms with Gasteiger partial charge in [-0.3, -0.25) is 0 Å². The largest absolute Gasteiger partial charge is 0.303 e. The van der Waals surface area contributed by atoms with Crippen LogP contribution in [0.1, 0.15) is 39.0 Å². The summed E-state index contributed by atoms with van der Waals surface area (Å²) in [5.41, 5.74) is 0.572. The van der Waals surface area contributed by atoms with Crippen molar-refractivity contribution >= 4 is 27.7 Å². The van der Waals surface area contributed by atoms with E-state index in [2.05, 4.69) is 41.1 Å². The van der Waals surface area contributed by atoms with Gasteiger partial charge in [-0.1, -0.05) is 28.8 Å². The highest BCUT2D eigenvalue weighted by molar-refractivity contribution is 9.09. The Morgan fingerprint density at radius 3 is 2.50 bits per heavy atom. The lowest BCUT2D eigenvalue weighted by Gasteiger charge is -2.35. The summed E-state index contributed by atoms with van der Waals surface area (Å²) in [7, 11) is 2.30. The maximum atomic E-state index is 3.73. The topological polar surface area (TPSA) is 3.24 Å². The molecular formula is C13H26BrNS. The van der Waals surface area contributed by atoms with Gasteiger partial charge < -0.3 is 4.90 Å². The van der Waals surface area contributed by atoms with E-state index in [1.165, 1.54) is 49.7 Å². The fourth-order valence-corrected chi connectivity index (χ4v) is 3.97. The minimum atomic E-state index is 0.572. The maximum absolute atomic E-state index is 3.73. The number of hydrogen-bond acceptors (Lipinski definition) is 2. The smallest absolute Gasteiger partial charge is 0.0100 e. The van der Waals surface area contributed by atoms with E-state index >= 15 is 0 Å². The molecule has 0 N–H and O–H groups in total. The highest BCUT2D eigenvalue weighted by atomic mass is 79.9. The van der Waals surface area contributed by atoms with E-state index in [0.717, 1.165) is 6.04 Å². The van der Waals surface area contributed by atoms with Crippen LogP contribution in [0.3, 0.4) is 0 Å². The normalized spacial score (nSPS) is 21.6. The molecule has 1 nitrogen and oxygen atoms in total. The molecule has 96 valence electrons. The van der Waals surface area contributed by atoms with Crippen molar-refractivity contribution in [2.24, 2.45) is 5.41 Å². The van der Waals surface area contributed by atoms with Crippen LogP contribution in [-0.2, 0) is 0 Å². The Morgan fingerprint density at radius 2 is 2.00 bits per heavy atom. The predicted molar refractivity (Wildman–Crippen MR) is 79.8 cm³/mol. The van der Waals surface area contributed by atoms with Crippen LogP contribution in [0.5, 0.6) is 0 Å². The minimum Gasteiger partial charge on any atom is -0.303 e. The SMILES string of the molecule is CSCCC(C)N(C)CC1(CBr)CCCC1.